The zero-order valence-electron chi connectivity index (χ0n) is 12.8. The van der Waals surface area contributed by atoms with Crippen molar-refractivity contribution in [2.24, 2.45) is 0 Å². The van der Waals surface area contributed by atoms with E-state index in [9.17, 15) is 8.42 Å². The van der Waals surface area contributed by atoms with Crippen LogP contribution in [0.15, 0.2) is 35.4 Å². The predicted octanol–water partition coefficient (Wildman–Crippen LogP) is 1.96. The molecule has 0 amide bonds. The SMILES string of the molecule is Cc1ccc(S(=O)(=O)NC2CCNC(C)C2)c2cccnc12. The molecule has 2 heterocycles. The van der Waals surface area contributed by atoms with Crippen molar-refractivity contribution in [1.82, 2.24) is 15.0 Å². The molecule has 1 aromatic carbocycles. The van der Waals surface area contributed by atoms with Crippen molar-refractivity contribution in [2.75, 3.05) is 6.54 Å². The number of hydrogen-bond donors (Lipinski definition) is 2. The molecule has 6 heteroatoms. The van der Waals surface area contributed by atoms with Crippen LogP contribution in [0.25, 0.3) is 10.9 Å². The molecule has 2 N–H and O–H groups in total. The maximum absolute atomic E-state index is 12.8. The highest BCUT2D eigenvalue weighted by atomic mass is 32.2. The number of nitrogens with one attached hydrogen (secondary N) is 2. The van der Waals surface area contributed by atoms with E-state index in [0.717, 1.165) is 30.5 Å². The lowest BCUT2D eigenvalue weighted by Gasteiger charge is -2.28. The summed E-state index contributed by atoms with van der Waals surface area (Å²) in [6, 6.07) is 7.39. The smallest absolute Gasteiger partial charge is 0.241 e. The van der Waals surface area contributed by atoms with Gasteiger partial charge in [-0.3, -0.25) is 4.98 Å². The Balaban J connectivity index is 1.97. The summed E-state index contributed by atoms with van der Waals surface area (Å²) in [7, 11) is -3.54. The van der Waals surface area contributed by atoms with Gasteiger partial charge in [0.1, 0.15) is 0 Å². The molecule has 2 atom stereocenters. The van der Waals surface area contributed by atoms with Crippen LogP contribution in [0.5, 0.6) is 0 Å². The highest BCUT2D eigenvalue weighted by Gasteiger charge is 2.25. The highest BCUT2D eigenvalue weighted by Crippen LogP contribution is 2.25. The van der Waals surface area contributed by atoms with Gasteiger partial charge in [0, 0.05) is 23.7 Å². The summed E-state index contributed by atoms with van der Waals surface area (Å²) in [5, 5.41) is 4.01. The van der Waals surface area contributed by atoms with E-state index in [1.165, 1.54) is 0 Å². The fraction of sp³-hybridized carbons (Fsp3) is 0.438. The molecule has 0 radical (unpaired) electrons. The van der Waals surface area contributed by atoms with E-state index in [0.29, 0.717) is 16.3 Å². The Labute approximate surface area is 131 Å². The van der Waals surface area contributed by atoms with Crippen molar-refractivity contribution >= 4 is 20.9 Å². The van der Waals surface area contributed by atoms with Crippen molar-refractivity contribution in [3.05, 3.63) is 36.0 Å². The average molecular weight is 319 g/mol. The van der Waals surface area contributed by atoms with E-state index >= 15 is 0 Å². The Morgan fingerprint density at radius 3 is 2.91 bits per heavy atom. The van der Waals surface area contributed by atoms with Gasteiger partial charge in [-0.15, -0.1) is 0 Å². The molecule has 1 aliphatic rings. The summed E-state index contributed by atoms with van der Waals surface area (Å²) in [5.74, 6) is 0. The van der Waals surface area contributed by atoms with Gasteiger partial charge in [-0.25, -0.2) is 13.1 Å². The van der Waals surface area contributed by atoms with Crippen LogP contribution in [0.1, 0.15) is 25.3 Å². The molecule has 1 aromatic heterocycles. The van der Waals surface area contributed by atoms with Gasteiger partial charge in [0.05, 0.1) is 10.4 Å². The number of fused-ring (bicyclic) bond motifs is 1. The molecule has 2 unspecified atom stereocenters. The second kappa shape index (κ2) is 5.95. The maximum Gasteiger partial charge on any atom is 0.241 e. The first-order valence-corrected chi connectivity index (χ1v) is 9.06. The number of piperidine rings is 1. The second-order valence-corrected chi connectivity index (χ2v) is 7.66. The van der Waals surface area contributed by atoms with E-state index in [4.69, 9.17) is 0 Å². The molecule has 3 rings (SSSR count). The zero-order valence-corrected chi connectivity index (χ0v) is 13.7. The first-order chi connectivity index (χ1) is 10.5. The Kier molecular flexibility index (Phi) is 4.16. The lowest BCUT2D eigenvalue weighted by Crippen LogP contribution is -2.46. The fourth-order valence-electron chi connectivity index (χ4n) is 3.04. The van der Waals surface area contributed by atoms with Gasteiger partial charge >= 0.3 is 0 Å². The van der Waals surface area contributed by atoms with Gasteiger partial charge < -0.3 is 5.32 Å². The Morgan fingerprint density at radius 1 is 1.32 bits per heavy atom. The Hall–Kier alpha value is -1.50. The number of rotatable bonds is 3. The summed E-state index contributed by atoms with van der Waals surface area (Å²) in [4.78, 5) is 4.62. The van der Waals surface area contributed by atoms with Crippen molar-refractivity contribution in [1.29, 1.82) is 0 Å². The molecule has 5 nitrogen and oxygen atoms in total. The number of benzene rings is 1. The Morgan fingerprint density at radius 2 is 2.14 bits per heavy atom. The number of sulfonamides is 1. The van der Waals surface area contributed by atoms with Crippen LogP contribution in [0.2, 0.25) is 0 Å². The van der Waals surface area contributed by atoms with E-state index < -0.39 is 10.0 Å². The van der Waals surface area contributed by atoms with Gasteiger partial charge in [0.2, 0.25) is 10.0 Å². The maximum atomic E-state index is 12.8. The molecule has 22 heavy (non-hydrogen) atoms. The average Bonchev–Trinajstić information content (AvgIpc) is 2.47. The second-order valence-electron chi connectivity index (χ2n) is 5.98. The summed E-state index contributed by atoms with van der Waals surface area (Å²) >= 11 is 0. The molecule has 2 aromatic rings. The summed E-state index contributed by atoms with van der Waals surface area (Å²) in [5.41, 5.74) is 1.72. The zero-order chi connectivity index (χ0) is 15.7. The van der Waals surface area contributed by atoms with Crippen LogP contribution in [-0.4, -0.2) is 32.0 Å². The lowest BCUT2D eigenvalue weighted by molar-refractivity contribution is 0.361. The van der Waals surface area contributed by atoms with Crippen LogP contribution in [0.4, 0.5) is 0 Å². The molecule has 0 spiro atoms. The van der Waals surface area contributed by atoms with Crippen LogP contribution >= 0.6 is 0 Å². The standard InChI is InChI=1S/C16H21N3O2S/c1-11-5-6-15(14-4-3-8-18-16(11)14)22(20,21)19-13-7-9-17-12(2)10-13/h3-6,8,12-13,17,19H,7,9-10H2,1-2H3. The predicted molar refractivity (Wildman–Crippen MR) is 87.3 cm³/mol. The number of aryl methyl sites for hydroxylation is 1. The molecule has 0 aliphatic carbocycles. The van der Waals surface area contributed by atoms with Gasteiger partial charge in [0.15, 0.2) is 0 Å². The minimum absolute atomic E-state index is 0.0192. The van der Waals surface area contributed by atoms with Gasteiger partial charge in [-0.05, 0) is 57.0 Å². The topological polar surface area (TPSA) is 71.1 Å². The molecular formula is C16H21N3O2S. The Bertz CT molecular complexity index is 789. The van der Waals surface area contributed by atoms with E-state index in [1.54, 1.807) is 18.3 Å². The third-order valence-electron chi connectivity index (χ3n) is 4.17. The summed E-state index contributed by atoms with van der Waals surface area (Å²) < 4.78 is 28.4. The first-order valence-electron chi connectivity index (χ1n) is 7.57. The minimum Gasteiger partial charge on any atom is -0.314 e. The fourth-order valence-corrected chi connectivity index (χ4v) is 4.53. The number of hydrogen-bond acceptors (Lipinski definition) is 4. The molecule has 1 fully saturated rings. The van der Waals surface area contributed by atoms with Crippen LogP contribution < -0.4 is 10.0 Å². The van der Waals surface area contributed by atoms with Crippen LogP contribution in [0, 0.1) is 6.92 Å². The summed E-state index contributed by atoms with van der Waals surface area (Å²) in [6.45, 7) is 4.85. The van der Waals surface area contributed by atoms with Gasteiger partial charge in [0.25, 0.3) is 0 Å². The van der Waals surface area contributed by atoms with Gasteiger partial charge in [-0.2, -0.15) is 0 Å². The third kappa shape index (κ3) is 2.99. The van der Waals surface area contributed by atoms with Crippen molar-refractivity contribution in [3.8, 4) is 0 Å². The quantitative estimate of drug-likeness (QED) is 0.907. The molecule has 1 aliphatic heterocycles. The van der Waals surface area contributed by atoms with Gasteiger partial charge in [-0.1, -0.05) is 6.07 Å². The normalized spacial score (nSPS) is 22.8. The van der Waals surface area contributed by atoms with E-state index in [2.05, 4.69) is 21.9 Å². The van der Waals surface area contributed by atoms with E-state index in [-0.39, 0.29) is 6.04 Å². The number of pyridine rings is 1. The highest BCUT2D eigenvalue weighted by molar-refractivity contribution is 7.89. The number of aromatic nitrogens is 1. The molecule has 118 valence electrons. The largest absolute Gasteiger partial charge is 0.314 e. The number of nitrogens with zero attached hydrogens (tertiary/aromatic N) is 1. The minimum atomic E-state index is -3.54. The summed E-state index contributed by atoms with van der Waals surface area (Å²) in [6.07, 6.45) is 3.31. The first kappa shape index (κ1) is 15.4. The van der Waals surface area contributed by atoms with E-state index in [1.807, 2.05) is 19.1 Å². The molecule has 0 saturated carbocycles. The molecule has 1 saturated heterocycles. The van der Waals surface area contributed by atoms with Crippen LogP contribution in [0.3, 0.4) is 0 Å². The molecule has 0 bridgehead atoms. The van der Waals surface area contributed by atoms with Crippen LogP contribution in [-0.2, 0) is 10.0 Å². The lowest BCUT2D eigenvalue weighted by atomic mass is 10.0. The van der Waals surface area contributed by atoms with Crippen molar-refractivity contribution in [2.45, 2.75) is 43.7 Å². The van der Waals surface area contributed by atoms with Crippen molar-refractivity contribution in [3.63, 3.8) is 0 Å². The third-order valence-corrected chi connectivity index (χ3v) is 5.75. The monoisotopic (exact) mass is 319 g/mol. The molecular weight excluding hydrogens is 298 g/mol. The van der Waals surface area contributed by atoms with Crippen molar-refractivity contribution < 1.29 is 8.42 Å².